The van der Waals surface area contributed by atoms with Gasteiger partial charge in [-0.3, -0.25) is 5.01 Å². The number of nitroso groups, excluding NO2 is 1. The van der Waals surface area contributed by atoms with Gasteiger partial charge >= 0.3 is 5.97 Å². The first kappa shape index (κ1) is 11.2. The molecular weight excluding hydrogens is 196 g/mol. The average Bonchev–Trinajstić information content (AvgIpc) is 2.29. The molecule has 0 aliphatic heterocycles. The topological polar surface area (TPSA) is 59.0 Å². The summed E-state index contributed by atoms with van der Waals surface area (Å²) in [7, 11) is 2.92. The summed E-state index contributed by atoms with van der Waals surface area (Å²) in [4.78, 5) is 21.2. The number of methoxy groups -OCH3 is 1. The first-order chi connectivity index (χ1) is 7.17. The summed E-state index contributed by atoms with van der Waals surface area (Å²) in [5.41, 5.74) is 1.40. The molecule has 80 valence electrons. The fourth-order valence-corrected chi connectivity index (χ4v) is 1.16. The van der Waals surface area contributed by atoms with E-state index in [-0.39, 0.29) is 5.97 Å². The smallest absolute Gasteiger partial charge is 0.337 e. The molecule has 0 N–H and O–H groups in total. The van der Waals surface area contributed by atoms with E-state index >= 15 is 0 Å². The molecule has 0 fully saturated rings. The molecule has 0 radical (unpaired) electrons. The number of nitrogens with zero attached hydrogens (tertiary/aromatic N) is 2. The predicted octanol–water partition coefficient (Wildman–Crippen LogP) is 1.59. The first-order valence-electron chi connectivity index (χ1n) is 4.39. The Bertz CT molecular complexity index is 348. The Morgan fingerprint density at radius 3 is 2.47 bits per heavy atom. The lowest BCUT2D eigenvalue weighted by Crippen LogP contribution is -2.09. The zero-order chi connectivity index (χ0) is 11.3. The van der Waals surface area contributed by atoms with Crippen LogP contribution in [0.4, 0.5) is 0 Å². The van der Waals surface area contributed by atoms with Crippen molar-refractivity contribution < 1.29 is 9.53 Å². The lowest BCUT2D eigenvalue weighted by Gasteiger charge is -2.08. The SMILES string of the molecule is COC(=O)c1ccc(CN(C)N=O)cc1. The minimum absolute atomic E-state index is 0.372. The Morgan fingerprint density at radius 2 is 2.00 bits per heavy atom. The highest BCUT2D eigenvalue weighted by molar-refractivity contribution is 5.89. The van der Waals surface area contributed by atoms with Gasteiger partial charge in [0.2, 0.25) is 0 Å². The minimum Gasteiger partial charge on any atom is -0.465 e. The average molecular weight is 208 g/mol. The third kappa shape index (κ3) is 3.05. The Kier molecular flexibility index (Phi) is 3.79. The molecule has 0 heterocycles. The van der Waals surface area contributed by atoms with Crippen LogP contribution in [0, 0.1) is 4.91 Å². The van der Waals surface area contributed by atoms with Crippen LogP contribution < -0.4 is 0 Å². The van der Waals surface area contributed by atoms with Crippen molar-refractivity contribution in [3.63, 3.8) is 0 Å². The van der Waals surface area contributed by atoms with Gasteiger partial charge in [0, 0.05) is 7.05 Å². The van der Waals surface area contributed by atoms with E-state index in [1.54, 1.807) is 31.3 Å². The van der Waals surface area contributed by atoms with Crippen LogP contribution in [0.2, 0.25) is 0 Å². The van der Waals surface area contributed by atoms with E-state index in [1.807, 2.05) is 0 Å². The van der Waals surface area contributed by atoms with Crippen LogP contribution in [0.3, 0.4) is 0 Å². The fourth-order valence-electron chi connectivity index (χ4n) is 1.16. The summed E-state index contributed by atoms with van der Waals surface area (Å²) < 4.78 is 4.56. The van der Waals surface area contributed by atoms with Gasteiger partial charge in [0.25, 0.3) is 0 Å². The van der Waals surface area contributed by atoms with Crippen molar-refractivity contribution >= 4 is 5.97 Å². The van der Waals surface area contributed by atoms with E-state index in [0.717, 1.165) is 5.56 Å². The summed E-state index contributed by atoms with van der Waals surface area (Å²) in [5.74, 6) is -0.372. The highest BCUT2D eigenvalue weighted by atomic mass is 16.5. The summed E-state index contributed by atoms with van der Waals surface area (Å²) in [6.07, 6.45) is 0. The molecule has 0 bridgehead atoms. The maximum absolute atomic E-state index is 11.1. The van der Waals surface area contributed by atoms with E-state index in [9.17, 15) is 9.70 Å². The fraction of sp³-hybridized carbons (Fsp3) is 0.300. The van der Waals surface area contributed by atoms with E-state index in [2.05, 4.69) is 10.0 Å². The number of hydrogen-bond donors (Lipinski definition) is 0. The molecule has 0 saturated carbocycles. The second-order valence-corrected chi connectivity index (χ2v) is 3.09. The Labute approximate surface area is 87.6 Å². The maximum Gasteiger partial charge on any atom is 0.337 e. The molecule has 15 heavy (non-hydrogen) atoms. The van der Waals surface area contributed by atoms with Gasteiger partial charge < -0.3 is 4.74 Å². The summed E-state index contributed by atoms with van der Waals surface area (Å²) in [6, 6.07) is 6.82. The van der Waals surface area contributed by atoms with Crippen molar-refractivity contribution in [3.05, 3.63) is 40.3 Å². The van der Waals surface area contributed by atoms with Crippen LogP contribution in [0.1, 0.15) is 15.9 Å². The number of benzene rings is 1. The number of esters is 1. The van der Waals surface area contributed by atoms with Gasteiger partial charge in [0.15, 0.2) is 0 Å². The molecule has 0 unspecified atom stereocenters. The number of hydrogen-bond acceptors (Lipinski definition) is 4. The van der Waals surface area contributed by atoms with Crippen molar-refractivity contribution in [1.29, 1.82) is 0 Å². The summed E-state index contributed by atoms with van der Waals surface area (Å²) in [5, 5.41) is 4.02. The summed E-state index contributed by atoms with van der Waals surface area (Å²) in [6.45, 7) is 0.422. The van der Waals surface area contributed by atoms with Crippen LogP contribution in [0.25, 0.3) is 0 Å². The van der Waals surface area contributed by atoms with Crippen molar-refractivity contribution in [2.75, 3.05) is 14.2 Å². The molecule has 0 aliphatic carbocycles. The molecule has 0 aromatic heterocycles. The number of rotatable bonds is 4. The van der Waals surface area contributed by atoms with Crippen molar-refractivity contribution in [3.8, 4) is 0 Å². The molecular formula is C10H12N2O3. The number of carbonyl (C=O) groups is 1. The van der Waals surface area contributed by atoms with Crippen LogP contribution in [0.15, 0.2) is 29.6 Å². The van der Waals surface area contributed by atoms with Crippen molar-refractivity contribution in [2.24, 2.45) is 5.29 Å². The van der Waals surface area contributed by atoms with E-state index < -0.39 is 0 Å². The minimum atomic E-state index is -0.372. The van der Waals surface area contributed by atoms with Gasteiger partial charge in [-0.25, -0.2) is 4.79 Å². The molecule has 0 aliphatic rings. The van der Waals surface area contributed by atoms with E-state index in [0.29, 0.717) is 12.1 Å². The second-order valence-electron chi connectivity index (χ2n) is 3.09. The lowest BCUT2D eigenvalue weighted by molar-refractivity contribution is 0.0600. The monoisotopic (exact) mass is 208 g/mol. The van der Waals surface area contributed by atoms with Gasteiger partial charge in [0.05, 0.1) is 24.5 Å². The lowest BCUT2D eigenvalue weighted by atomic mass is 10.1. The van der Waals surface area contributed by atoms with Gasteiger partial charge in [-0.15, -0.1) is 4.91 Å². The van der Waals surface area contributed by atoms with E-state index in [1.165, 1.54) is 12.1 Å². The molecule has 5 heteroatoms. The van der Waals surface area contributed by atoms with Gasteiger partial charge in [-0.2, -0.15) is 0 Å². The Hall–Kier alpha value is -1.91. The van der Waals surface area contributed by atoms with Crippen LogP contribution >= 0.6 is 0 Å². The third-order valence-corrected chi connectivity index (χ3v) is 1.93. The van der Waals surface area contributed by atoms with Crippen LogP contribution in [-0.2, 0) is 11.3 Å². The summed E-state index contributed by atoms with van der Waals surface area (Å²) >= 11 is 0. The standard InChI is InChI=1S/C10H12N2O3/c1-12(11-14)7-8-3-5-9(6-4-8)10(13)15-2/h3-6H,7H2,1-2H3. The molecule has 0 atom stereocenters. The zero-order valence-corrected chi connectivity index (χ0v) is 8.64. The second kappa shape index (κ2) is 5.09. The first-order valence-corrected chi connectivity index (χ1v) is 4.39. The zero-order valence-electron chi connectivity index (χ0n) is 8.64. The number of ether oxygens (including phenoxy) is 1. The third-order valence-electron chi connectivity index (χ3n) is 1.93. The van der Waals surface area contributed by atoms with Crippen LogP contribution in [0.5, 0.6) is 0 Å². The molecule has 0 saturated heterocycles. The largest absolute Gasteiger partial charge is 0.465 e. The highest BCUT2D eigenvalue weighted by Gasteiger charge is 2.04. The van der Waals surface area contributed by atoms with Gasteiger partial charge in [-0.1, -0.05) is 12.1 Å². The highest BCUT2D eigenvalue weighted by Crippen LogP contribution is 2.07. The predicted molar refractivity (Wildman–Crippen MR) is 55.0 cm³/mol. The Morgan fingerprint density at radius 1 is 1.40 bits per heavy atom. The molecule has 0 amide bonds. The quantitative estimate of drug-likeness (QED) is 0.428. The van der Waals surface area contributed by atoms with Gasteiger partial charge in [-0.05, 0) is 17.7 Å². The van der Waals surface area contributed by atoms with Crippen molar-refractivity contribution in [2.45, 2.75) is 6.54 Å². The number of carbonyl (C=O) groups excluding carboxylic acids is 1. The normalized spacial score (nSPS) is 9.47. The van der Waals surface area contributed by atoms with Gasteiger partial charge in [0.1, 0.15) is 0 Å². The van der Waals surface area contributed by atoms with Crippen molar-refractivity contribution in [1.82, 2.24) is 5.01 Å². The Balaban J connectivity index is 2.72. The molecule has 5 nitrogen and oxygen atoms in total. The van der Waals surface area contributed by atoms with E-state index in [4.69, 9.17) is 0 Å². The molecule has 1 aromatic carbocycles. The molecule has 1 aromatic rings. The molecule has 0 spiro atoms. The van der Waals surface area contributed by atoms with Crippen LogP contribution in [-0.4, -0.2) is 25.1 Å². The molecule has 1 rings (SSSR count). The maximum atomic E-state index is 11.1.